The van der Waals surface area contributed by atoms with Crippen molar-refractivity contribution >= 4 is 18.3 Å². The van der Waals surface area contributed by atoms with E-state index in [0.29, 0.717) is 18.3 Å². The number of alkyl carbamates (subject to hydrolysis) is 1. The molecule has 0 aromatic heterocycles. The van der Waals surface area contributed by atoms with E-state index in [2.05, 4.69) is 10.6 Å². The lowest BCUT2D eigenvalue weighted by Gasteiger charge is -2.21. The third-order valence-electron chi connectivity index (χ3n) is 4.66. The fourth-order valence-electron chi connectivity index (χ4n) is 3.10. The summed E-state index contributed by atoms with van der Waals surface area (Å²) < 4.78 is 5.26. The van der Waals surface area contributed by atoms with Gasteiger partial charge in [-0.25, -0.2) is 4.79 Å². The molecule has 0 saturated heterocycles. The Bertz CT molecular complexity index is 978. The zero-order valence-electron chi connectivity index (χ0n) is 16.9. The molecule has 6 nitrogen and oxygen atoms in total. The van der Waals surface area contributed by atoms with Crippen LogP contribution in [0.5, 0.6) is 0 Å². The maximum Gasteiger partial charge on any atom is 0.408 e. The van der Waals surface area contributed by atoms with E-state index in [1.165, 1.54) is 0 Å². The molecule has 31 heavy (non-hydrogen) atoms. The van der Waals surface area contributed by atoms with Crippen LogP contribution in [0.1, 0.15) is 22.7 Å². The first-order valence-electron chi connectivity index (χ1n) is 9.97. The molecule has 0 aliphatic carbocycles. The molecule has 3 rings (SSSR count). The van der Waals surface area contributed by atoms with Crippen LogP contribution in [-0.4, -0.2) is 24.3 Å². The second-order valence-corrected chi connectivity index (χ2v) is 6.99. The van der Waals surface area contributed by atoms with Crippen molar-refractivity contribution in [2.24, 2.45) is 0 Å². The molecule has 158 valence electrons. The monoisotopic (exact) mass is 416 g/mol. The second kappa shape index (κ2) is 11.3. The Balaban J connectivity index is 1.67. The Kier molecular flexibility index (Phi) is 7.94. The predicted molar refractivity (Wildman–Crippen MR) is 117 cm³/mol. The van der Waals surface area contributed by atoms with E-state index >= 15 is 0 Å². The van der Waals surface area contributed by atoms with Gasteiger partial charge in [0, 0.05) is 0 Å². The van der Waals surface area contributed by atoms with Crippen molar-refractivity contribution in [3.05, 3.63) is 108 Å². The highest BCUT2D eigenvalue weighted by atomic mass is 16.5. The van der Waals surface area contributed by atoms with Crippen LogP contribution in [0.25, 0.3) is 0 Å². The van der Waals surface area contributed by atoms with E-state index in [1.807, 2.05) is 66.7 Å². The van der Waals surface area contributed by atoms with Crippen molar-refractivity contribution in [2.75, 3.05) is 0 Å². The van der Waals surface area contributed by atoms with Gasteiger partial charge in [-0.05, 0) is 23.1 Å². The average Bonchev–Trinajstić information content (AvgIpc) is 2.82. The number of hydrogen-bond donors (Lipinski definition) is 2. The zero-order valence-corrected chi connectivity index (χ0v) is 16.9. The molecule has 0 aliphatic heterocycles. The number of ether oxygens (including phenoxy) is 1. The van der Waals surface area contributed by atoms with E-state index in [0.717, 1.165) is 11.1 Å². The molecular weight excluding hydrogens is 392 g/mol. The Morgan fingerprint density at radius 3 is 1.90 bits per heavy atom. The molecule has 0 spiro atoms. The van der Waals surface area contributed by atoms with Gasteiger partial charge in [0.05, 0.1) is 6.04 Å². The summed E-state index contributed by atoms with van der Waals surface area (Å²) in [7, 11) is 0. The molecular formula is C25H24N2O4. The molecule has 0 fully saturated rings. The molecule has 0 heterocycles. The molecule has 2 amide bonds. The van der Waals surface area contributed by atoms with E-state index in [4.69, 9.17) is 4.74 Å². The average molecular weight is 416 g/mol. The summed E-state index contributed by atoms with van der Waals surface area (Å²) in [4.78, 5) is 36.9. The molecule has 0 radical (unpaired) electrons. The molecule has 0 bridgehead atoms. The fourth-order valence-corrected chi connectivity index (χ4v) is 3.10. The van der Waals surface area contributed by atoms with E-state index in [-0.39, 0.29) is 6.61 Å². The second-order valence-electron chi connectivity index (χ2n) is 6.99. The first-order valence-corrected chi connectivity index (χ1v) is 9.97. The largest absolute Gasteiger partial charge is 0.445 e. The van der Waals surface area contributed by atoms with Crippen LogP contribution in [0.3, 0.4) is 0 Å². The van der Waals surface area contributed by atoms with Gasteiger partial charge < -0.3 is 20.2 Å². The minimum atomic E-state index is -0.998. The third-order valence-corrected chi connectivity index (χ3v) is 4.66. The summed E-state index contributed by atoms with van der Waals surface area (Å²) in [6.07, 6.45) is 0.329. The van der Waals surface area contributed by atoms with Gasteiger partial charge in [-0.1, -0.05) is 91.0 Å². The smallest absolute Gasteiger partial charge is 0.408 e. The van der Waals surface area contributed by atoms with Gasteiger partial charge in [0.2, 0.25) is 5.91 Å². The number of carbonyl (C=O) groups is 3. The highest BCUT2D eigenvalue weighted by Crippen LogP contribution is 2.14. The van der Waals surface area contributed by atoms with Crippen molar-refractivity contribution in [3.63, 3.8) is 0 Å². The summed E-state index contributed by atoms with van der Waals surface area (Å²) in [6.45, 7) is 0.0841. The first kappa shape index (κ1) is 21.8. The lowest BCUT2D eigenvalue weighted by atomic mass is 10.0. The molecule has 3 aromatic carbocycles. The maximum atomic E-state index is 13.0. The van der Waals surface area contributed by atoms with Gasteiger partial charge in [-0.15, -0.1) is 0 Å². The number of amides is 2. The predicted octanol–water partition coefficient (Wildman–Crippen LogP) is 3.58. The van der Waals surface area contributed by atoms with Gasteiger partial charge in [0.1, 0.15) is 18.9 Å². The van der Waals surface area contributed by atoms with Crippen LogP contribution in [0.15, 0.2) is 91.0 Å². The summed E-state index contributed by atoms with van der Waals surface area (Å²) in [6, 6.07) is 25.8. The quantitative estimate of drug-likeness (QED) is 0.522. The number of nitrogens with one attached hydrogen (secondary N) is 2. The van der Waals surface area contributed by atoms with Crippen LogP contribution in [-0.2, 0) is 27.4 Å². The lowest BCUT2D eigenvalue weighted by molar-refractivity contribution is -0.125. The molecule has 0 saturated carbocycles. The van der Waals surface area contributed by atoms with Crippen molar-refractivity contribution in [1.82, 2.24) is 10.6 Å². The van der Waals surface area contributed by atoms with E-state index in [1.54, 1.807) is 24.3 Å². The van der Waals surface area contributed by atoms with Gasteiger partial charge >= 0.3 is 6.09 Å². The van der Waals surface area contributed by atoms with Crippen LogP contribution < -0.4 is 10.6 Å². The van der Waals surface area contributed by atoms with Gasteiger partial charge in [-0.2, -0.15) is 0 Å². The van der Waals surface area contributed by atoms with Gasteiger partial charge in [0.15, 0.2) is 0 Å². The number of benzene rings is 3. The molecule has 3 aromatic rings. The molecule has 2 atom stereocenters. The van der Waals surface area contributed by atoms with Crippen molar-refractivity contribution in [1.29, 1.82) is 0 Å². The molecule has 0 aliphatic rings. The number of aldehydes is 1. The fraction of sp³-hybridized carbons (Fsp3) is 0.160. The van der Waals surface area contributed by atoms with Crippen molar-refractivity contribution in [2.45, 2.75) is 25.1 Å². The summed E-state index contributed by atoms with van der Waals surface area (Å²) in [5.41, 5.74) is 2.34. The maximum absolute atomic E-state index is 13.0. The van der Waals surface area contributed by atoms with E-state index < -0.39 is 24.1 Å². The number of rotatable bonds is 9. The summed E-state index contributed by atoms with van der Waals surface area (Å²) in [5.74, 6) is -0.490. The summed E-state index contributed by atoms with van der Waals surface area (Å²) in [5, 5.41) is 5.32. The standard InChI is InChI=1S/C25H24N2O4/c28-17-22(16-19-10-4-1-5-11-19)26-24(29)23(21-14-8-3-9-15-21)27-25(30)31-18-20-12-6-2-7-13-20/h1-15,17,22-23H,16,18H2,(H,26,29)(H,27,30)/t22-,23?/m0/s1. The minimum Gasteiger partial charge on any atom is -0.445 e. The van der Waals surface area contributed by atoms with Gasteiger partial charge in [0.25, 0.3) is 0 Å². The van der Waals surface area contributed by atoms with Crippen molar-refractivity contribution in [3.8, 4) is 0 Å². The van der Waals surface area contributed by atoms with Crippen LogP contribution in [0.4, 0.5) is 4.79 Å². The lowest BCUT2D eigenvalue weighted by Crippen LogP contribution is -2.45. The Hall–Kier alpha value is -3.93. The Labute approximate surface area is 181 Å². The third kappa shape index (κ3) is 6.82. The molecule has 2 N–H and O–H groups in total. The van der Waals surface area contributed by atoms with Crippen LogP contribution in [0, 0.1) is 0 Å². The number of hydrogen-bond acceptors (Lipinski definition) is 4. The number of carbonyl (C=O) groups excluding carboxylic acids is 3. The highest BCUT2D eigenvalue weighted by molar-refractivity contribution is 5.88. The normalized spacial score (nSPS) is 12.3. The van der Waals surface area contributed by atoms with Crippen LogP contribution >= 0.6 is 0 Å². The Morgan fingerprint density at radius 1 is 0.774 bits per heavy atom. The first-order chi connectivity index (χ1) is 15.2. The van der Waals surface area contributed by atoms with Gasteiger partial charge in [-0.3, -0.25) is 4.79 Å². The SMILES string of the molecule is O=C[C@H](Cc1ccccc1)NC(=O)C(NC(=O)OCc1ccccc1)c1ccccc1. The zero-order chi connectivity index (χ0) is 21.9. The Morgan fingerprint density at radius 2 is 1.32 bits per heavy atom. The summed E-state index contributed by atoms with van der Waals surface area (Å²) >= 11 is 0. The van der Waals surface area contributed by atoms with E-state index in [9.17, 15) is 14.4 Å². The van der Waals surface area contributed by atoms with Crippen LogP contribution in [0.2, 0.25) is 0 Å². The van der Waals surface area contributed by atoms with Crippen molar-refractivity contribution < 1.29 is 19.1 Å². The molecule has 1 unspecified atom stereocenters. The highest BCUT2D eigenvalue weighted by Gasteiger charge is 2.25. The molecule has 6 heteroatoms. The minimum absolute atomic E-state index is 0.0841. The topological polar surface area (TPSA) is 84.5 Å².